The first-order valence-electron chi connectivity index (χ1n) is 10.2. The molecule has 0 radical (unpaired) electrons. The molecule has 0 spiro atoms. The van der Waals surface area contributed by atoms with Crippen LogP contribution in [0.3, 0.4) is 0 Å². The second-order valence-corrected chi connectivity index (χ2v) is 7.63. The molecule has 162 valence electrons. The van der Waals surface area contributed by atoms with Gasteiger partial charge in [-0.05, 0) is 40.8 Å². The number of ether oxygens (including phenoxy) is 2. The van der Waals surface area contributed by atoms with Gasteiger partial charge in [0.05, 0.1) is 20.3 Å². The normalized spacial score (nSPS) is 10.7. The fourth-order valence-electron chi connectivity index (χ4n) is 3.08. The van der Waals surface area contributed by atoms with Crippen molar-refractivity contribution in [2.45, 2.75) is 27.0 Å². The van der Waals surface area contributed by atoms with Crippen molar-refractivity contribution in [2.75, 3.05) is 13.7 Å². The average molecular weight is 421 g/mol. The number of carbonyl (C=O) groups is 1. The van der Waals surface area contributed by atoms with Gasteiger partial charge in [-0.25, -0.2) is 4.98 Å². The van der Waals surface area contributed by atoms with Crippen LogP contribution >= 0.6 is 0 Å². The Hall–Kier alpha value is -3.38. The van der Waals surface area contributed by atoms with Gasteiger partial charge in [0.1, 0.15) is 11.3 Å². The number of nitrogens with one attached hydrogen (secondary N) is 1. The third-order valence-corrected chi connectivity index (χ3v) is 4.76. The van der Waals surface area contributed by atoms with Crippen molar-refractivity contribution in [3.8, 4) is 22.8 Å². The molecule has 1 amide bonds. The molecule has 6 heteroatoms. The topological polar surface area (TPSA) is 80.7 Å². The number of methoxy groups -OCH3 is 1. The Morgan fingerprint density at radius 1 is 1.13 bits per heavy atom. The van der Waals surface area contributed by atoms with E-state index < -0.39 is 0 Å². The number of hydrogen-bond acceptors (Lipinski definition) is 5. The van der Waals surface area contributed by atoms with Crippen LogP contribution in [0.5, 0.6) is 11.6 Å². The van der Waals surface area contributed by atoms with Gasteiger partial charge in [0, 0.05) is 18.3 Å². The van der Waals surface area contributed by atoms with Gasteiger partial charge >= 0.3 is 0 Å². The highest BCUT2D eigenvalue weighted by Gasteiger charge is 2.17. The Balaban J connectivity index is 1.87. The lowest BCUT2D eigenvalue weighted by molar-refractivity contribution is 0.0945. The summed E-state index contributed by atoms with van der Waals surface area (Å²) in [5.74, 6) is 1.09. The summed E-state index contributed by atoms with van der Waals surface area (Å²) in [6.45, 7) is 4.80. The second kappa shape index (κ2) is 10.6. The third kappa shape index (κ3) is 5.83. The first-order chi connectivity index (χ1) is 15.0. The van der Waals surface area contributed by atoms with Crippen molar-refractivity contribution < 1.29 is 19.4 Å². The maximum absolute atomic E-state index is 13.0. The molecule has 1 aromatic heterocycles. The van der Waals surface area contributed by atoms with Gasteiger partial charge in [0.25, 0.3) is 5.91 Å². The molecule has 0 fully saturated rings. The number of aliphatic hydroxyl groups excluding tert-OH is 1. The molecular weight excluding hydrogens is 392 g/mol. The van der Waals surface area contributed by atoms with Crippen molar-refractivity contribution in [3.05, 3.63) is 77.5 Å². The zero-order valence-corrected chi connectivity index (χ0v) is 18.1. The van der Waals surface area contributed by atoms with Crippen LogP contribution in [-0.2, 0) is 13.2 Å². The van der Waals surface area contributed by atoms with Crippen molar-refractivity contribution in [1.29, 1.82) is 0 Å². The minimum Gasteiger partial charge on any atom is -0.497 e. The number of aliphatic hydroxyl groups is 1. The minimum atomic E-state index is -0.273. The molecule has 0 unspecified atom stereocenters. The van der Waals surface area contributed by atoms with E-state index in [1.54, 1.807) is 19.4 Å². The van der Waals surface area contributed by atoms with Gasteiger partial charge in [0.15, 0.2) is 0 Å². The van der Waals surface area contributed by atoms with Gasteiger partial charge in [-0.15, -0.1) is 0 Å². The summed E-state index contributed by atoms with van der Waals surface area (Å²) in [6, 6.07) is 16.8. The first-order valence-corrected chi connectivity index (χ1v) is 10.2. The highest BCUT2D eigenvalue weighted by molar-refractivity contribution is 5.97. The maximum Gasteiger partial charge on any atom is 0.257 e. The van der Waals surface area contributed by atoms with Gasteiger partial charge < -0.3 is 19.9 Å². The molecule has 0 bridgehead atoms. The SMILES string of the molecule is COc1ccc(CNC(=O)c2cc(-c3ccccc3CO)cnc2OCC(C)C)cc1. The van der Waals surface area contributed by atoms with Crippen LogP contribution in [0.15, 0.2) is 60.8 Å². The van der Waals surface area contributed by atoms with E-state index >= 15 is 0 Å². The summed E-state index contributed by atoms with van der Waals surface area (Å²) in [5.41, 5.74) is 3.66. The van der Waals surface area contributed by atoms with Crippen LogP contribution in [0.1, 0.15) is 35.3 Å². The van der Waals surface area contributed by atoms with E-state index in [0.29, 0.717) is 30.5 Å². The van der Waals surface area contributed by atoms with E-state index in [4.69, 9.17) is 9.47 Å². The predicted molar refractivity (Wildman–Crippen MR) is 120 cm³/mol. The van der Waals surface area contributed by atoms with Gasteiger partial charge in [-0.3, -0.25) is 4.79 Å². The highest BCUT2D eigenvalue weighted by Crippen LogP contribution is 2.27. The van der Waals surface area contributed by atoms with Crippen LogP contribution in [0.25, 0.3) is 11.1 Å². The zero-order valence-electron chi connectivity index (χ0n) is 18.1. The van der Waals surface area contributed by atoms with E-state index in [1.807, 2.05) is 62.4 Å². The maximum atomic E-state index is 13.0. The predicted octanol–water partition coefficient (Wildman–Crippen LogP) is 4.21. The van der Waals surface area contributed by atoms with Crippen molar-refractivity contribution in [3.63, 3.8) is 0 Å². The molecule has 3 aromatic rings. The average Bonchev–Trinajstić information content (AvgIpc) is 2.81. The summed E-state index contributed by atoms with van der Waals surface area (Å²) < 4.78 is 11.0. The molecule has 0 aliphatic rings. The smallest absolute Gasteiger partial charge is 0.257 e. The van der Waals surface area contributed by atoms with E-state index in [2.05, 4.69) is 10.3 Å². The lowest BCUT2D eigenvalue weighted by Crippen LogP contribution is -2.24. The van der Waals surface area contributed by atoms with E-state index in [9.17, 15) is 9.90 Å². The molecule has 0 aliphatic heterocycles. The van der Waals surface area contributed by atoms with Gasteiger partial charge in [-0.2, -0.15) is 0 Å². The summed E-state index contributed by atoms with van der Waals surface area (Å²) >= 11 is 0. The summed E-state index contributed by atoms with van der Waals surface area (Å²) in [4.78, 5) is 17.5. The molecular formula is C25H28N2O4. The molecule has 6 nitrogen and oxygen atoms in total. The summed E-state index contributed by atoms with van der Waals surface area (Å²) in [5, 5.41) is 12.6. The summed E-state index contributed by atoms with van der Waals surface area (Å²) in [7, 11) is 1.62. The Morgan fingerprint density at radius 2 is 1.87 bits per heavy atom. The number of rotatable bonds is 9. The Morgan fingerprint density at radius 3 is 2.55 bits per heavy atom. The van der Waals surface area contributed by atoms with Crippen LogP contribution in [-0.4, -0.2) is 29.7 Å². The number of pyridine rings is 1. The number of carbonyl (C=O) groups excluding carboxylic acids is 1. The molecule has 2 aromatic carbocycles. The molecule has 1 heterocycles. The van der Waals surface area contributed by atoms with Crippen LogP contribution in [0.2, 0.25) is 0 Å². The van der Waals surface area contributed by atoms with E-state index in [-0.39, 0.29) is 12.5 Å². The van der Waals surface area contributed by atoms with Crippen molar-refractivity contribution >= 4 is 5.91 Å². The Bertz CT molecular complexity index is 1020. The lowest BCUT2D eigenvalue weighted by atomic mass is 10.00. The first kappa shape index (κ1) is 22.3. The Kier molecular flexibility index (Phi) is 7.62. The standard InChI is InChI=1S/C25H28N2O4/c1-17(2)16-31-25-23(24(29)26-13-18-8-10-21(30-3)11-9-18)12-20(14-27-25)22-7-5-4-6-19(22)15-28/h4-12,14,17,28H,13,15-16H2,1-3H3,(H,26,29). The number of hydrogen-bond donors (Lipinski definition) is 2. The van der Waals surface area contributed by atoms with Crippen molar-refractivity contribution in [2.24, 2.45) is 5.92 Å². The molecule has 0 atom stereocenters. The molecule has 31 heavy (non-hydrogen) atoms. The quantitative estimate of drug-likeness (QED) is 0.542. The van der Waals surface area contributed by atoms with Gasteiger partial charge in [0.2, 0.25) is 5.88 Å². The van der Waals surface area contributed by atoms with E-state index in [1.165, 1.54) is 0 Å². The third-order valence-electron chi connectivity index (χ3n) is 4.76. The van der Waals surface area contributed by atoms with Gasteiger partial charge in [-0.1, -0.05) is 50.2 Å². The largest absolute Gasteiger partial charge is 0.497 e. The van der Waals surface area contributed by atoms with Crippen molar-refractivity contribution in [1.82, 2.24) is 10.3 Å². The molecule has 2 N–H and O–H groups in total. The van der Waals surface area contributed by atoms with Crippen LogP contribution in [0.4, 0.5) is 0 Å². The number of nitrogens with zero attached hydrogens (tertiary/aromatic N) is 1. The lowest BCUT2D eigenvalue weighted by Gasteiger charge is -2.15. The second-order valence-electron chi connectivity index (χ2n) is 7.63. The van der Waals surface area contributed by atoms with E-state index in [0.717, 1.165) is 28.0 Å². The fourth-order valence-corrected chi connectivity index (χ4v) is 3.08. The number of amides is 1. The molecule has 0 saturated heterocycles. The molecule has 0 aliphatic carbocycles. The fraction of sp³-hybridized carbons (Fsp3) is 0.280. The number of benzene rings is 2. The molecule has 0 saturated carbocycles. The Labute approximate surface area is 182 Å². The highest BCUT2D eigenvalue weighted by atomic mass is 16.5. The minimum absolute atomic E-state index is 0.0965. The molecule has 3 rings (SSSR count). The zero-order chi connectivity index (χ0) is 22.2. The summed E-state index contributed by atoms with van der Waals surface area (Å²) in [6.07, 6.45) is 1.67. The monoisotopic (exact) mass is 420 g/mol. The van der Waals surface area contributed by atoms with Crippen LogP contribution in [0, 0.1) is 5.92 Å². The number of aromatic nitrogens is 1. The van der Waals surface area contributed by atoms with Crippen LogP contribution < -0.4 is 14.8 Å².